The molecule has 5 nitrogen and oxygen atoms in total. The fourth-order valence-electron chi connectivity index (χ4n) is 1.92. The van der Waals surface area contributed by atoms with Crippen molar-refractivity contribution in [2.75, 3.05) is 37.7 Å². The van der Waals surface area contributed by atoms with Crippen molar-refractivity contribution in [2.24, 2.45) is 10.7 Å². The average molecular weight is 292 g/mol. The van der Waals surface area contributed by atoms with Gasteiger partial charge in [-0.25, -0.2) is 0 Å². The first kappa shape index (κ1) is 14.7. The maximum atomic E-state index is 11.8. The summed E-state index contributed by atoms with van der Waals surface area (Å²) in [7, 11) is 0. The number of guanidine groups is 1. The van der Waals surface area contributed by atoms with Crippen molar-refractivity contribution in [3.8, 4) is 0 Å². The van der Waals surface area contributed by atoms with E-state index in [4.69, 9.17) is 5.73 Å². The Morgan fingerprint density at radius 3 is 2.70 bits per heavy atom. The third kappa shape index (κ3) is 4.45. The van der Waals surface area contributed by atoms with Crippen LogP contribution in [0.5, 0.6) is 0 Å². The summed E-state index contributed by atoms with van der Waals surface area (Å²) in [4.78, 5) is 18.2. The Morgan fingerprint density at radius 2 is 2.00 bits per heavy atom. The summed E-state index contributed by atoms with van der Waals surface area (Å²) in [6, 6.07) is 9.16. The molecule has 1 fully saturated rings. The number of hydrogen-bond donors (Lipinski definition) is 2. The zero-order chi connectivity index (χ0) is 14.2. The molecule has 0 bridgehead atoms. The van der Waals surface area contributed by atoms with E-state index in [0.29, 0.717) is 24.6 Å². The minimum absolute atomic E-state index is 0.0752. The topological polar surface area (TPSA) is 70.7 Å². The first-order valence-corrected chi connectivity index (χ1v) is 7.88. The number of carbonyl (C=O) groups is 1. The van der Waals surface area contributed by atoms with Gasteiger partial charge in [-0.1, -0.05) is 18.2 Å². The number of thioether (sulfide) groups is 1. The third-order valence-corrected chi connectivity index (χ3v) is 3.98. The number of nitrogens with zero attached hydrogens (tertiary/aromatic N) is 2. The molecular formula is C14H20N4OS. The molecule has 0 unspecified atom stereocenters. The second kappa shape index (κ2) is 7.79. The van der Waals surface area contributed by atoms with Crippen LogP contribution in [0.15, 0.2) is 35.3 Å². The van der Waals surface area contributed by atoms with E-state index < -0.39 is 0 Å². The molecule has 0 atom stereocenters. The molecule has 1 aromatic rings. The number of carbonyl (C=O) groups excluding carboxylic acids is 1. The van der Waals surface area contributed by atoms with E-state index in [1.54, 1.807) is 12.1 Å². The van der Waals surface area contributed by atoms with Gasteiger partial charge in [0.25, 0.3) is 5.91 Å². The van der Waals surface area contributed by atoms with Crippen molar-refractivity contribution in [1.82, 2.24) is 10.2 Å². The van der Waals surface area contributed by atoms with E-state index in [2.05, 4.69) is 15.2 Å². The van der Waals surface area contributed by atoms with Gasteiger partial charge in [0.1, 0.15) is 0 Å². The molecular weight excluding hydrogens is 272 g/mol. The summed E-state index contributed by atoms with van der Waals surface area (Å²) < 4.78 is 0. The van der Waals surface area contributed by atoms with Crippen LogP contribution >= 0.6 is 11.8 Å². The van der Waals surface area contributed by atoms with Crippen LogP contribution in [0.3, 0.4) is 0 Å². The van der Waals surface area contributed by atoms with E-state index >= 15 is 0 Å². The van der Waals surface area contributed by atoms with Gasteiger partial charge in [0, 0.05) is 36.7 Å². The molecule has 0 aromatic heterocycles. The van der Waals surface area contributed by atoms with Crippen LogP contribution in [0.4, 0.5) is 0 Å². The van der Waals surface area contributed by atoms with Gasteiger partial charge in [0.2, 0.25) is 0 Å². The van der Waals surface area contributed by atoms with Crippen LogP contribution in [0.25, 0.3) is 0 Å². The van der Waals surface area contributed by atoms with Gasteiger partial charge in [-0.15, -0.1) is 0 Å². The molecule has 0 aliphatic carbocycles. The lowest BCUT2D eigenvalue weighted by molar-refractivity contribution is 0.0955. The molecule has 0 spiro atoms. The zero-order valence-electron chi connectivity index (χ0n) is 11.4. The highest BCUT2D eigenvalue weighted by molar-refractivity contribution is 7.99. The quantitative estimate of drug-likeness (QED) is 0.489. The van der Waals surface area contributed by atoms with E-state index in [1.807, 2.05) is 30.0 Å². The van der Waals surface area contributed by atoms with Crippen LogP contribution < -0.4 is 11.1 Å². The van der Waals surface area contributed by atoms with Crippen molar-refractivity contribution in [3.63, 3.8) is 0 Å². The molecule has 2 rings (SSSR count). The van der Waals surface area contributed by atoms with Crippen LogP contribution in [0.1, 0.15) is 10.4 Å². The number of amides is 1. The monoisotopic (exact) mass is 292 g/mol. The molecule has 20 heavy (non-hydrogen) atoms. The average Bonchev–Trinajstić information content (AvgIpc) is 2.53. The van der Waals surface area contributed by atoms with Crippen LogP contribution in [-0.4, -0.2) is 54.5 Å². The van der Waals surface area contributed by atoms with Gasteiger partial charge >= 0.3 is 0 Å². The second-order valence-electron chi connectivity index (χ2n) is 4.46. The van der Waals surface area contributed by atoms with E-state index in [1.165, 1.54) is 0 Å². The summed E-state index contributed by atoms with van der Waals surface area (Å²) in [5, 5.41) is 2.83. The summed E-state index contributed by atoms with van der Waals surface area (Å²) in [5.41, 5.74) is 6.59. The molecule has 6 heteroatoms. The molecule has 0 saturated carbocycles. The molecule has 0 radical (unpaired) electrons. The standard InChI is InChI=1S/C14H20N4OS/c15-14(18-8-10-20-11-9-18)17-7-6-16-13(19)12-4-2-1-3-5-12/h1-5H,6-11H2,(H2,15,17)(H,16,19). The van der Waals surface area contributed by atoms with Gasteiger partial charge in [0.05, 0.1) is 6.54 Å². The smallest absolute Gasteiger partial charge is 0.251 e. The van der Waals surface area contributed by atoms with Gasteiger partial charge < -0.3 is 16.0 Å². The lowest BCUT2D eigenvalue weighted by Gasteiger charge is -2.27. The van der Waals surface area contributed by atoms with Gasteiger partial charge in [0.15, 0.2) is 5.96 Å². The van der Waals surface area contributed by atoms with Crippen LogP contribution in [0.2, 0.25) is 0 Å². The predicted molar refractivity (Wildman–Crippen MR) is 84.2 cm³/mol. The Labute approximate surface area is 123 Å². The number of hydrogen-bond acceptors (Lipinski definition) is 3. The minimum atomic E-state index is -0.0752. The molecule has 1 aliphatic rings. The predicted octanol–water partition coefficient (Wildman–Crippen LogP) is 0.780. The number of rotatable bonds is 4. The van der Waals surface area contributed by atoms with Crippen molar-refractivity contribution < 1.29 is 4.79 Å². The van der Waals surface area contributed by atoms with Gasteiger partial charge in [-0.05, 0) is 12.1 Å². The van der Waals surface area contributed by atoms with Crippen molar-refractivity contribution >= 4 is 23.6 Å². The fourth-order valence-corrected chi connectivity index (χ4v) is 2.83. The second-order valence-corrected chi connectivity index (χ2v) is 5.69. The zero-order valence-corrected chi connectivity index (χ0v) is 12.2. The third-order valence-electron chi connectivity index (χ3n) is 3.04. The maximum Gasteiger partial charge on any atom is 0.251 e. The number of nitrogens with one attached hydrogen (secondary N) is 1. The SMILES string of the molecule is NC(=NCCNC(=O)c1ccccc1)N1CCSCC1. The maximum absolute atomic E-state index is 11.8. The van der Waals surface area contributed by atoms with Crippen molar-refractivity contribution in [1.29, 1.82) is 0 Å². The van der Waals surface area contributed by atoms with E-state index in [0.717, 1.165) is 24.6 Å². The van der Waals surface area contributed by atoms with Crippen molar-refractivity contribution in [3.05, 3.63) is 35.9 Å². The Hall–Kier alpha value is -1.69. The van der Waals surface area contributed by atoms with E-state index in [9.17, 15) is 4.79 Å². The summed E-state index contributed by atoms with van der Waals surface area (Å²) in [5.74, 6) is 2.70. The molecule has 108 valence electrons. The highest BCUT2D eigenvalue weighted by Crippen LogP contribution is 2.08. The summed E-state index contributed by atoms with van der Waals surface area (Å²) >= 11 is 1.94. The molecule has 1 amide bonds. The molecule has 1 saturated heterocycles. The fraction of sp³-hybridized carbons (Fsp3) is 0.429. The summed E-state index contributed by atoms with van der Waals surface area (Å²) in [6.07, 6.45) is 0. The van der Waals surface area contributed by atoms with Gasteiger partial charge in [-0.2, -0.15) is 11.8 Å². The minimum Gasteiger partial charge on any atom is -0.370 e. The van der Waals surface area contributed by atoms with Crippen molar-refractivity contribution in [2.45, 2.75) is 0 Å². The summed E-state index contributed by atoms with van der Waals surface area (Å²) in [6.45, 7) is 2.91. The molecule has 1 heterocycles. The number of nitrogens with two attached hydrogens (primary N) is 1. The normalized spacial score (nSPS) is 16.0. The molecule has 1 aliphatic heterocycles. The Bertz CT molecular complexity index is 458. The molecule has 1 aromatic carbocycles. The molecule has 3 N–H and O–H groups in total. The van der Waals surface area contributed by atoms with Gasteiger partial charge in [-0.3, -0.25) is 9.79 Å². The van der Waals surface area contributed by atoms with Crippen LogP contribution in [0, 0.1) is 0 Å². The number of benzene rings is 1. The van der Waals surface area contributed by atoms with Crippen LogP contribution in [-0.2, 0) is 0 Å². The first-order valence-electron chi connectivity index (χ1n) is 6.73. The lowest BCUT2D eigenvalue weighted by atomic mass is 10.2. The highest BCUT2D eigenvalue weighted by Gasteiger charge is 2.11. The largest absolute Gasteiger partial charge is 0.370 e. The number of aliphatic imine (C=N–C) groups is 1. The van der Waals surface area contributed by atoms with E-state index in [-0.39, 0.29) is 5.91 Å². The lowest BCUT2D eigenvalue weighted by Crippen LogP contribution is -2.43. The first-order chi connectivity index (χ1) is 9.77. The Balaban J connectivity index is 1.71. The highest BCUT2D eigenvalue weighted by atomic mass is 32.2. The Morgan fingerprint density at radius 1 is 1.30 bits per heavy atom. The Kier molecular flexibility index (Phi) is 5.73.